The van der Waals surface area contributed by atoms with Crippen molar-refractivity contribution in [3.05, 3.63) is 33.7 Å². The van der Waals surface area contributed by atoms with Gasteiger partial charge in [0.2, 0.25) is 0 Å². The van der Waals surface area contributed by atoms with Crippen LogP contribution in [0.3, 0.4) is 0 Å². The topological polar surface area (TPSA) is 64.5 Å². The van der Waals surface area contributed by atoms with Crippen LogP contribution in [0.5, 0.6) is 0 Å². The van der Waals surface area contributed by atoms with Crippen LogP contribution >= 0.6 is 27.3 Å². The third-order valence-electron chi connectivity index (χ3n) is 4.29. The van der Waals surface area contributed by atoms with Gasteiger partial charge in [-0.3, -0.25) is 4.90 Å². The summed E-state index contributed by atoms with van der Waals surface area (Å²) in [6, 6.07) is 7.90. The Balaban J connectivity index is 1.96. The fourth-order valence-electron chi connectivity index (χ4n) is 3.08. The van der Waals surface area contributed by atoms with Crippen LogP contribution in [-0.2, 0) is 15.0 Å². The van der Waals surface area contributed by atoms with E-state index in [2.05, 4.69) is 26.1 Å². The molecule has 0 saturated carbocycles. The largest absolute Gasteiger partial charge is 0.444 e. The van der Waals surface area contributed by atoms with E-state index in [1.165, 1.54) is 11.3 Å². The minimum Gasteiger partial charge on any atom is -0.444 e. The molecule has 27 heavy (non-hydrogen) atoms. The van der Waals surface area contributed by atoms with Crippen LogP contribution in [0.4, 0.5) is 4.79 Å². The van der Waals surface area contributed by atoms with E-state index < -0.39 is 23.0 Å². The number of carbonyl (C=O) groups is 1. The number of amides is 1. The molecule has 0 spiro atoms. The summed E-state index contributed by atoms with van der Waals surface area (Å²) in [5.74, 6) is 0. The van der Waals surface area contributed by atoms with E-state index in [4.69, 9.17) is 9.47 Å². The lowest BCUT2D eigenvalue weighted by atomic mass is 10.0. The van der Waals surface area contributed by atoms with Crippen LogP contribution in [0.1, 0.15) is 46.6 Å². The van der Waals surface area contributed by atoms with Crippen LogP contribution in [0, 0.1) is 0 Å². The molecule has 6 nitrogen and oxygen atoms in total. The molecule has 0 aliphatic carbocycles. The molecule has 0 N–H and O–H groups in total. The quantitative estimate of drug-likeness (QED) is 0.625. The summed E-state index contributed by atoms with van der Waals surface area (Å²) >= 11 is 4.90. The van der Waals surface area contributed by atoms with Gasteiger partial charge in [-0.25, -0.2) is 4.79 Å². The fraction of sp³-hybridized carbons (Fsp3) is 0.526. The van der Waals surface area contributed by atoms with Crippen molar-refractivity contribution in [2.75, 3.05) is 6.61 Å². The third-order valence-corrected chi connectivity index (χ3v) is 6.05. The summed E-state index contributed by atoms with van der Waals surface area (Å²) in [6.07, 6.45) is -0.423. The van der Waals surface area contributed by atoms with E-state index in [0.29, 0.717) is 6.61 Å². The van der Waals surface area contributed by atoms with Gasteiger partial charge in [0.25, 0.3) is 0 Å². The van der Waals surface area contributed by atoms with E-state index in [0.717, 1.165) is 20.1 Å². The zero-order chi connectivity index (χ0) is 20.0. The molecule has 2 aromatic rings. The lowest BCUT2D eigenvalue weighted by Crippen LogP contribution is -2.54. The third kappa shape index (κ3) is 4.02. The molecule has 3 rings (SSSR count). The highest BCUT2D eigenvalue weighted by atomic mass is 79.9. The summed E-state index contributed by atoms with van der Waals surface area (Å²) in [6.45, 7) is 11.5. The summed E-state index contributed by atoms with van der Waals surface area (Å²) < 4.78 is 12.6. The highest BCUT2D eigenvalue weighted by molar-refractivity contribution is 9.10. The molecule has 1 atom stereocenters. The predicted molar refractivity (Wildman–Crippen MR) is 109 cm³/mol. The number of rotatable bonds is 2. The maximum Gasteiger partial charge on any atom is 0.413 e. The average molecular weight is 454 g/mol. The van der Waals surface area contributed by atoms with Gasteiger partial charge >= 0.3 is 6.09 Å². The van der Waals surface area contributed by atoms with Gasteiger partial charge in [0.05, 0.1) is 6.61 Å². The number of carbonyl (C=O) groups excluding carboxylic acids is 1. The molecule has 1 aromatic heterocycles. The molecule has 1 aliphatic rings. The van der Waals surface area contributed by atoms with Crippen molar-refractivity contribution in [2.45, 2.75) is 58.4 Å². The summed E-state index contributed by atoms with van der Waals surface area (Å²) in [5.41, 5.74) is -1.18. The smallest absolute Gasteiger partial charge is 0.413 e. The highest BCUT2D eigenvalue weighted by Gasteiger charge is 2.55. The first-order valence-corrected chi connectivity index (χ1v) is 10.3. The number of aromatic nitrogens is 2. The molecular formula is C19H24BrN3O3S. The number of nitrogens with zero attached hydrogens (tertiary/aromatic N) is 3. The first kappa shape index (κ1) is 20.2. The van der Waals surface area contributed by atoms with Crippen LogP contribution in [0.2, 0.25) is 0 Å². The zero-order valence-electron chi connectivity index (χ0n) is 16.4. The first-order chi connectivity index (χ1) is 12.4. The summed E-state index contributed by atoms with van der Waals surface area (Å²) in [7, 11) is 0. The summed E-state index contributed by atoms with van der Waals surface area (Å²) in [4.78, 5) is 14.6. The summed E-state index contributed by atoms with van der Waals surface area (Å²) in [5, 5.41) is 10.2. The van der Waals surface area contributed by atoms with Gasteiger partial charge in [0.1, 0.15) is 26.9 Å². The monoisotopic (exact) mass is 453 g/mol. The normalized spacial score (nSPS) is 22.1. The molecule has 1 aromatic carbocycles. The van der Waals surface area contributed by atoms with Crippen LogP contribution in [-0.4, -0.2) is 39.1 Å². The van der Waals surface area contributed by atoms with Gasteiger partial charge in [-0.2, -0.15) is 0 Å². The van der Waals surface area contributed by atoms with E-state index in [-0.39, 0.29) is 0 Å². The molecule has 1 fully saturated rings. The number of halogens is 1. The Labute approximate surface area is 172 Å². The maximum absolute atomic E-state index is 13.0. The number of hydrogen-bond acceptors (Lipinski definition) is 6. The van der Waals surface area contributed by atoms with Gasteiger partial charge in [-0.05, 0) is 53.7 Å². The van der Waals surface area contributed by atoms with E-state index in [1.807, 2.05) is 65.8 Å². The van der Waals surface area contributed by atoms with Crippen molar-refractivity contribution in [3.63, 3.8) is 0 Å². The first-order valence-electron chi connectivity index (χ1n) is 8.70. The zero-order valence-corrected chi connectivity index (χ0v) is 18.8. The standard InChI is InChI=1S/C19H24BrN3O3S/c1-17(2,3)26-16(24)23-18(4,5)25-11-19(23,6)15-22-21-14(27-15)12-7-9-13(20)10-8-12/h7-10H,11H2,1-6H3/t19-/m1/s1. The van der Waals surface area contributed by atoms with E-state index >= 15 is 0 Å². The lowest BCUT2D eigenvalue weighted by Gasteiger charge is -2.39. The molecule has 1 aliphatic heterocycles. The van der Waals surface area contributed by atoms with Gasteiger partial charge in [-0.15, -0.1) is 10.2 Å². The minimum atomic E-state index is -0.805. The Kier molecular flexibility index (Phi) is 5.12. The van der Waals surface area contributed by atoms with Gasteiger partial charge in [0, 0.05) is 10.0 Å². The average Bonchev–Trinajstić information content (AvgIpc) is 3.10. The number of hydrogen-bond donors (Lipinski definition) is 0. The SMILES string of the molecule is CC(C)(C)OC(=O)N1C(C)(C)OC[C@]1(C)c1nnc(-c2ccc(Br)cc2)s1. The van der Waals surface area contributed by atoms with Crippen molar-refractivity contribution >= 4 is 33.4 Å². The Bertz CT molecular complexity index is 845. The Hall–Kier alpha value is -1.51. The number of benzene rings is 1. The predicted octanol–water partition coefficient (Wildman–Crippen LogP) is 5.19. The van der Waals surface area contributed by atoms with Crippen molar-refractivity contribution < 1.29 is 14.3 Å². The fourth-order valence-corrected chi connectivity index (χ4v) is 4.31. The molecule has 146 valence electrons. The van der Waals surface area contributed by atoms with E-state index in [1.54, 1.807) is 4.90 Å². The molecule has 0 bridgehead atoms. The molecule has 1 saturated heterocycles. The molecule has 0 unspecified atom stereocenters. The Morgan fingerprint density at radius 2 is 1.85 bits per heavy atom. The second kappa shape index (κ2) is 6.83. The van der Waals surface area contributed by atoms with Crippen molar-refractivity contribution in [2.24, 2.45) is 0 Å². The Morgan fingerprint density at radius 3 is 2.44 bits per heavy atom. The molecule has 1 amide bonds. The minimum absolute atomic E-state index is 0.328. The Morgan fingerprint density at radius 1 is 1.22 bits per heavy atom. The van der Waals surface area contributed by atoms with Crippen molar-refractivity contribution in [1.82, 2.24) is 15.1 Å². The second-order valence-electron chi connectivity index (χ2n) is 8.24. The highest BCUT2D eigenvalue weighted by Crippen LogP contribution is 2.44. The molecule has 8 heteroatoms. The van der Waals surface area contributed by atoms with Crippen LogP contribution in [0.15, 0.2) is 28.7 Å². The van der Waals surface area contributed by atoms with Crippen LogP contribution < -0.4 is 0 Å². The molecule has 0 radical (unpaired) electrons. The maximum atomic E-state index is 13.0. The van der Waals surface area contributed by atoms with Gasteiger partial charge < -0.3 is 9.47 Å². The second-order valence-corrected chi connectivity index (χ2v) is 10.1. The lowest BCUT2D eigenvalue weighted by molar-refractivity contribution is -0.0685. The molecule has 2 heterocycles. The van der Waals surface area contributed by atoms with Gasteiger partial charge in [0.15, 0.2) is 0 Å². The van der Waals surface area contributed by atoms with Crippen molar-refractivity contribution in [1.29, 1.82) is 0 Å². The van der Waals surface area contributed by atoms with E-state index in [9.17, 15) is 4.79 Å². The number of ether oxygens (including phenoxy) is 2. The van der Waals surface area contributed by atoms with Crippen molar-refractivity contribution in [3.8, 4) is 10.6 Å². The molecular weight excluding hydrogens is 430 g/mol. The van der Waals surface area contributed by atoms with Crippen LogP contribution in [0.25, 0.3) is 10.6 Å². The van der Waals surface area contributed by atoms with Gasteiger partial charge in [-0.1, -0.05) is 39.4 Å².